The molecule has 0 spiro atoms. The molecule has 5 heteroatoms. The molecule has 0 unspecified atom stereocenters. The van der Waals surface area contributed by atoms with Gasteiger partial charge in [-0.25, -0.2) is 4.39 Å². The lowest BCUT2D eigenvalue weighted by molar-refractivity contribution is 0.325. The minimum atomic E-state index is -0.347. The van der Waals surface area contributed by atoms with Gasteiger partial charge in [-0.15, -0.1) is 11.8 Å². The largest absolute Gasteiger partial charge is 0.494 e. The molecule has 0 heterocycles. The second-order valence-corrected chi connectivity index (χ2v) is 5.40. The van der Waals surface area contributed by atoms with Gasteiger partial charge in [-0.1, -0.05) is 12.1 Å². The number of ether oxygens (including phenoxy) is 2. The summed E-state index contributed by atoms with van der Waals surface area (Å²) in [7, 11) is 0. The highest BCUT2D eigenvalue weighted by molar-refractivity contribution is 7.99. The van der Waals surface area contributed by atoms with E-state index < -0.39 is 0 Å². The van der Waals surface area contributed by atoms with Gasteiger partial charge in [0.25, 0.3) is 0 Å². The molecule has 0 aliphatic heterocycles. The molecule has 0 saturated carbocycles. The van der Waals surface area contributed by atoms with Gasteiger partial charge in [0.15, 0.2) is 11.6 Å². The van der Waals surface area contributed by atoms with Crippen LogP contribution in [0.1, 0.15) is 6.92 Å². The van der Waals surface area contributed by atoms with Crippen molar-refractivity contribution in [3.63, 3.8) is 0 Å². The minimum absolute atomic E-state index is 0.272. The van der Waals surface area contributed by atoms with E-state index in [2.05, 4.69) is 0 Å². The summed E-state index contributed by atoms with van der Waals surface area (Å²) in [4.78, 5) is 0.943. The van der Waals surface area contributed by atoms with Crippen molar-refractivity contribution in [1.29, 1.82) is 0 Å². The van der Waals surface area contributed by atoms with Crippen molar-refractivity contribution in [1.82, 2.24) is 0 Å². The van der Waals surface area contributed by atoms with Crippen LogP contribution in [0.25, 0.3) is 0 Å². The molecule has 2 aromatic rings. The number of halogens is 1. The van der Waals surface area contributed by atoms with Crippen LogP contribution < -0.4 is 15.2 Å². The Labute approximate surface area is 128 Å². The van der Waals surface area contributed by atoms with Gasteiger partial charge < -0.3 is 15.2 Å². The molecule has 0 aliphatic rings. The SMILES string of the molecule is CCOc1ccc(N)c(SCCOc2ccccc2F)c1. The number of rotatable bonds is 7. The normalized spacial score (nSPS) is 10.4. The lowest BCUT2D eigenvalue weighted by Crippen LogP contribution is -2.02. The van der Waals surface area contributed by atoms with Crippen molar-refractivity contribution in [3.05, 3.63) is 48.3 Å². The second-order valence-electron chi connectivity index (χ2n) is 4.26. The van der Waals surface area contributed by atoms with Crippen LogP contribution in [0.2, 0.25) is 0 Å². The summed E-state index contributed by atoms with van der Waals surface area (Å²) in [5.74, 6) is 1.40. The Bertz CT molecular complexity index is 592. The molecule has 112 valence electrons. The van der Waals surface area contributed by atoms with Gasteiger partial charge >= 0.3 is 0 Å². The van der Waals surface area contributed by atoms with Crippen molar-refractivity contribution < 1.29 is 13.9 Å². The number of nitrogen functional groups attached to an aromatic ring is 1. The van der Waals surface area contributed by atoms with Crippen molar-refractivity contribution in [2.24, 2.45) is 0 Å². The zero-order chi connectivity index (χ0) is 15.1. The molecular formula is C16H18FNO2S. The van der Waals surface area contributed by atoms with Crippen LogP contribution in [-0.2, 0) is 0 Å². The molecule has 0 fully saturated rings. The zero-order valence-electron chi connectivity index (χ0n) is 11.8. The summed E-state index contributed by atoms with van der Waals surface area (Å²) in [6, 6.07) is 12.0. The third-order valence-electron chi connectivity index (χ3n) is 2.73. The first-order chi connectivity index (χ1) is 10.2. The molecule has 0 saturated heterocycles. The van der Waals surface area contributed by atoms with E-state index in [-0.39, 0.29) is 11.6 Å². The first-order valence-electron chi connectivity index (χ1n) is 6.73. The fourth-order valence-corrected chi connectivity index (χ4v) is 2.58. The maximum Gasteiger partial charge on any atom is 0.165 e. The summed E-state index contributed by atoms with van der Waals surface area (Å²) < 4.78 is 24.2. The van der Waals surface area contributed by atoms with Gasteiger partial charge in [0, 0.05) is 16.3 Å². The Morgan fingerprint density at radius 1 is 1.14 bits per heavy atom. The smallest absolute Gasteiger partial charge is 0.165 e. The maximum atomic E-state index is 13.4. The van der Waals surface area contributed by atoms with E-state index in [1.165, 1.54) is 6.07 Å². The fraction of sp³-hybridized carbons (Fsp3) is 0.250. The highest BCUT2D eigenvalue weighted by Gasteiger charge is 2.04. The van der Waals surface area contributed by atoms with Crippen molar-refractivity contribution in [2.45, 2.75) is 11.8 Å². The van der Waals surface area contributed by atoms with Crippen LogP contribution in [0.3, 0.4) is 0 Å². The fourth-order valence-electron chi connectivity index (χ4n) is 1.76. The third-order valence-corrected chi connectivity index (χ3v) is 3.77. The number of anilines is 1. The highest BCUT2D eigenvalue weighted by Crippen LogP contribution is 2.29. The summed E-state index contributed by atoms with van der Waals surface area (Å²) in [6.45, 7) is 2.96. The molecule has 2 N–H and O–H groups in total. The number of para-hydroxylation sites is 1. The van der Waals surface area contributed by atoms with Crippen LogP contribution in [0.5, 0.6) is 11.5 Å². The molecule has 0 aliphatic carbocycles. The van der Waals surface area contributed by atoms with Gasteiger partial charge in [-0.2, -0.15) is 0 Å². The van der Waals surface area contributed by atoms with E-state index in [9.17, 15) is 4.39 Å². The lowest BCUT2D eigenvalue weighted by Gasteiger charge is -2.10. The van der Waals surface area contributed by atoms with E-state index in [1.54, 1.807) is 30.0 Å². The first kappa shape index (κ1) is 15.5. The molecule has 0 amide bonds. The summed E-state index contributed by atoms with van der Waals surface area (Å²) in [5, 5.41) is 0. The standard InChI is InChI=1S/C16H18FNO2S/c1-2-19-12-7-8-14(18)16(11-12)21-10-9-20-15-6-4-3-5-13(15)17/h3-8,11H,2,9-10,18H2,1H3. The zero-order valence-corrected chi connectivity index (χ0v) is 12.7. The summed E-state index contributed by atoms with van der Waals surface area (Å²) in [6.07, 6.45) is 0. The Morgan fingerprint density at radius 3 is 2.71 bits per heavy atom. The number of hydrogen-bond acceptors (Lipinski definition) is 4. The lowest BCUT2D eigenvalue weighted by atomic mass is 10.3. The molecule has 21 heavy (non-hydrogen) atoms. The molecule has 0 aromatic heterocycles. The van der Waals surface area contributed by atoms with Gasteiger partial charge in [0.1, 0.15) is 5.75 Å². The topological polar surface area (TPSA) is 44.5 Å². The van der Waals surface area contributed by atoms with Crippen LogP contribution in [0.4, 0.5) is 10.1 Å². The quantitative estimate of drug-likeness (QED) is 0.477. The summed E-state index contributed by atoms with van der Waals surface area (Å²) in [5.41, 5.74) is 6.63. The van der Waals surface area contributed by atoms with E-state index >= 15 is 0 Å². The average Bonchev–Trinajstić information content (AvgIpc) is 2.48. The number of benzene rings is 2. The molecule has 0 bridgehead atoms. The van der Waals surface area contributed by atoms with Crippen molar-refractivity contribution >= 4 is 17.4 Å². The Balaban J connectivity index is 1.86. The number of nitrogens with two attached hydrogens (primary N) is 1. The van der Waals surface area contributed by atoms with Gasteiger partial charge in [0.05, 0.1) is 13.2 Å². The van der Waals surface area contributed by atoms with Crippen LogP contribution in [0, 0.1) is 5.82 Å². The first-order valence-corrected chi connectivity index (χ1v) is 7.71. The van der Waals surface area contributed by atoms with Crippen LogP contribution >= 0.6 is 11.8 Å². The monoisotopic (exact) mass is 307 g/mol. The van der Waals surface area contributed by atoms with Crippen LogP contribution in [-0.4, -0.2) is 19.0 Å². The number of thioether (sulfide) groups is 1. The Hall–Kier alpha value is -1.88. The summed E-state index contributed by atoms with van der Waals surface area (Å²) >= 11 is 1.56. The van der Waals surface area contributed by atoms with Crippen molar-refractivity contribution in [2.75, 3.05) is 24.7 Å². The van der Waals surface area contributed by atoms with E-state index in [1.807, 2.05) is 25.1 Å². The maximum absolute atomic E-state index is 13.4. The van der Waals surface area contributed by atoms with Crippen molar-refractivity contribution in [3.8, 4) is 11.5 Å². The average molecular weight is 307 g/mol. The second kappa shape index (κ2) is 7.78. The highest BCUT2D eigenvalue weighted by atomic mass is 32.2. The van der Waals surface area contributed by atoms with Gasteiger partial charge in [-0.05, 0) is 37.3 Å². The predicted molar refractivity (Wildman–Crippen MR) is 84.6 cm³/mol. The Morgan fingerprint density at radius 2 is 1.95 bits per heavy atom. The van der Waals surface area contributed by atoms with Gasteiger partial charge in [-0.3, -0.25) is 0 Å². The van der Waals surface area contributed by atoms with E-state index in [0.29, 0.717) is 24.7 Å². The van der Waals surface area contributed by atoms with Gasteiger partial charge in [0.2, 0.25) is 0 Å². The molecule has 2 aromatic carbocycles. The third kappa shape index (κ3) is 4.56. The number of hydrogen-bond donors (Lipinski definition) is 1. The molecule has 0 radical (unpaired) electrons. The van der Waals surface area contributed by atoms with E-state index in [4.69, 9.17) is 15.2 Å². The van der Waals surface area contributed by atoms with E-state index in [0.717, 1.165) is 10.6 Å². The van der Waals surface area contributed by atoms with Crippen LogP contribution in [0.15, 0.2) is 47.4 Å². The Kier molecular flexibility index (Phi) is 5.75. The predicted octanol–water partition coefficient (Wildman–Crippen LogP) is 3.98. The molecular weight excluding hydrogens is 289 g/mol. The molecule has 2 rings (SSSR count). The minimum Gasteiger partial charge on any atom is -0.494 e. The molecule has 0 atom stereocenters. The molecule has 3 nitrogen and oxygen atoms in total.